The van der Waals surface area contributed by atoms with Gasteiger partial charge in [0.2, 0.25) is 0 Å². The molecule has 3 aromatic heterocycles. The Bertz CT molecular complexity index is 1630. The molecular weight excluding hydrogens is 602 g/mol. The zero-order valence-electron chi connectivity index (χ0n) is 26.0. The van der Waals surface area contributed by atoms with Gasteiger partial charge >= 0.3 is 11.8 Å². The summed E-state index contributed by atoms with van der Waals surface area (Å²) in [6, 6.07) is 13.1. The van der Waals surface area contributed by atoms with E-state index in [2.05, 4.69) is 40.1 Å². The van der Waals surface area contributed by atoms with Crippen LogP contribution in [0.2, 0.25) is 25.7 Å². The van der Waals surface area contributed by atoms with Gasteiger partial charge in [-0.2, -0.15) is 5.10 Å². The van der Waals surface area contributed by atoms with Gasteiger partial charge in [0.25, 0.3) is 0 Å². The lowest BCUT2D eigenvalue weighted by molar-refractivity contribution is 0.0532. The predicted octanol–water partition coefficient (Wildman–Crippen LogP) is 5.77. The number of rotatable bonds is 13. The molecule has 0 fully saturated rings. The number of nitrogens with one attached hydrogen (secondary N) is 1. The molecule has 3 heterocycles. The molecule has 1 N–H and O–H groups in total. The number of amides is 1. The summed E-state index contributed by atoms with van der Waals surface area (Å²) in [4.78, 5) is 31.2. The Balaban J connectivity index is 1.32. The minimum Gasteiger partial charge on any atom is -0.444 e. The SMILES string of the molecule is CC(C)(C)OC(=O)NC/C(=C/F)Cn1ncn(Cc2ccc(-c3ccc(-c4ncn(COCC[Si](C)(C)C)n4)cc3)s2)c1=O. The van der Waals surface area contributed by atoms with Gasteiger partial charge in [-0.15, -0.1) is 16.4 Å². The molecule has 0 aliphatic heterocycles. The van der Waals surface area contributed by atoms with Gasteiger partial charge in [-0.25, -0.2) is 28.3 Å². The zero-order chi connectivity index (χ0) is 31.9. The monoisotopic (exact) mass is 641 g/mol. The van der Waals surface area contributed by atoms with Crippen LogP contribution in [0.15, 0.2) is 65.8 Å². The maximum absolute atomic E-state index is 13.5. The van der Waals surface area contributed by atoms with E-state index in [9.17, 15) is 14.0 Å². The van der Waals surface area contributed by atoms with Crippen LogP contribution in [0, 0.1) is 0 Å². The number of aromatic nitrogens is 6. The predicted molar refractivity (Wildman–Crippen MR) is 172 cm³/mol. The van der Waals surface area contributed by atoms with Crippen LogP contribution in [-0.2, 0) is 29.3 Å². The van der Waals surface area contributed by atoms with Gasteiger partial charge in [0.15, 0.2) is 5.82 Å². The van der Waals surface area contributed by atoms with Crippen LogP contribution in [0.5, 0.6) is 0 Å². The van der Waals surface area contributed by atoms with Crippen molar-refractivity contribution in [2.24, 2.45) is 0 Å². The molecule has 0 aliphatic carbocycles. The van der Waals surface area contributed by atoms with E-state index in [1.807, 2.05) is 36.4 Å². The van der Waals surface area contributed by atoms with Crippen LogP contribution in [0.3, 0.4) is 0 Å². The van der Waals surface area contributed by atoms with Crippen molar-refractivity contribution < 1.29 is 18.7 Å². The number of halogens is 1. The molecule has 1 aromatic carbocycles. The first kappa shape index (κ1) is 33.0. The highest BCUT2D eigenvalue weighted by Gasteiger charge is 2.17. The van der Waals surface area contributed by atoms with Gasteiger partial charge in [0.1, 0.15) is 25.0 Å². The smallest absolute Gasteiger partial charge is 0.407 e. The molecular formula is C30H40FN7O4SSi. The minimum absolute atomic E-state index is 0.0983. The molecule has 1 amide bonds. The molecule has 0 radical (unpaired) electrons. The first-order valence-corrected chi connectivity index (χ1v) is 18.9. The fraction of sp³-hybridized carbons (Fsp3) is 0.433. The first-order chi connectivity index (χ1) is 20.8. The molecule has 0 aliphatic rings. The van der Waals surface area contributed by atoms with Crippen LogP contribution < -0.4 is 11.0 Å². The van der Waals surface area contributed by atoms with Crippen molar-refractivity contribution in [3.8, 4) is 21.8 Å². The molecule has 11 nitrogen and oxygen atoms in total. The number of nitrogens with zero attached hydrogens (tertiary/aromatic N) is 6. The van der Waals surface area contributed by atoms with Crippen molar-refractivity contribution in [2.45, 2.75) is 71.9 Å². The van der Waals surface area contributed by atoms with Crippen LogP contribution in [0.25, 0.3) is 21.8 Å². The van der Waals surface area contributed by atoms with E-state index in [4.69, 9.17) is 9.47 Å². The van der Waals surface area contributed by atoms with E-state index in [1.54, 1.807) is 43.1 Å². The highest BCUT2D eigenvalue weighted by Crippen LogP contribution is 2.30. The molecule has 0 spiro atoms. The third-order valence-corrected chi connectivity index (χ3v) is 9.16. The minimum atomic E-state index is -1.13. The number of carbonyl (C=O) groups excluding carboxylic acids is 1. The Morgan fingerprint density at radius 2 is 1.82 bits per heavy atom. The summed E-state index contributed by atoms with van der Waals surface area (Å²) < 4.78 is 28.7. The molecule has 0 atom stereocenters. The summed E-state index contributed by atoms with van der Waals surface area (Å²) in [7, 11) is -1.13. The Kier molecular flexibility index (Phi) is 10.7. The molecule has 0 bridgehead atoms. The number of hydrogen-bond acceptors (Lipinski definition) is 8. The average molecular weight is 642 g/mol. The Morgan fingerprint density at radius 1 is 1.09 bits per heavy atom. The van der Waals surface area contributed by atoms with Gasteiger partial charge in [-0.05, 0) is 50.1 Å². The van der Waals surface area contributed by atoms with Gasteiger partial charge in [0.05, 0.1) is 19.4 Å². The fourth-order valence-electron chi connectivity index (χ4n) is 4.00. The van der Waals surface area contributed by atoms with Crippen LogP contribution in [0.1, 0.15) is 25.6 Å². The maximum atomic E-state index is 13.5. The topological polar surface area (TPSA) is 118 Å². The second-order valence-electron chi connectivity index (χ2n) is 12.6. The zero-order valence-corrected chi connectivity index (χ0v) is 27.9. The van der Waals surface area contributed by atoms with E-state index in [1.165, 1.54) is 10.9 Å². The van der Waals surface area contributed by atoms with Gasteiger partial charge in [0, 0.05) is 36.5 Å². The first-order valence-electron chi connectivity index (χ1n) is 14.3. The molecule has 0 saturated carbocycles. The van der Waals surface area contributed by atoms with Crippen LogP contribution in [-0.4, -0.2) is 62.0 Å². The normalized spacial score (nSPS) is 12.5. The summed E-state index contributed by atoms with van der Waals surface area (Å²) in [5, 5.41) is 11.2. The summed E-state index contributed by atoms with van der Waals surface area (Å²) in [5.41, 5.74) is 1.08. The average Bonchev–Trinajstić information content (AvgIpc) is 3.70. The fourth-order valence-corrected chi connectivity index (χ4v) is 5.77. The van der Waals surface area contributed by atoms with E-state index in [0.29, 0.717) is 25.4 Å². The summed E-state index contributed by atoms with van der Waals surface area (Å²) in [6.45, 7) is 13.4. The Morgan fingerprint density at radius 3 is 2.50 bits per heavy atom. The van der Waals surface area contributed by atoms with Crippen molar-refractivity contribution in [3.05, 3.63) is 76.3 Å². The molecule has 4 aromatic rings. The van der Waals surface area contributed by atoms with Gasteiger partial charge in [-0.3, -0.25) is 4.57 Å². The number of carbonyl (C=O) groups is 1. The number of benzene rings is 1. The molecule has 44 heavy (non-hydrogen) atoms. The van der Waals surface area contributed by atoms with Crippen LogP contribution in [0.4, 0.5) is 9.18 Å². The standard InChI is InChI=1S/C30H40FN7O4SSi/c1-30(2,3)42-28(39)32-16-22(15-31)17-38-29(40)36(20-34-38)18-25-11-12-26(43-25)23-7-9-24(10-8-23)27-33-19-37(35-27)21-41-13-14-44(4,5)6/h7-12,15,19-20H,13-14,16-18,21H2,1-6H3,(H,32,39)/b22-15-. The quantitative estimate of drug-likeness (QED) is 0.145. The van der Waals surface area contributed by atoms with Crippen molar-refractivity contribution in [1.82, 2.24) is 34.4 Å². The summed E-state index contributed by atoms with van der Waals surface area (Å²) in [6.07, 6.45) is 2.81. The van der Waals surface area contributed by atoms with E-state index < -0.39 is 19.8 Å². The third kappa shape index (κ3) is 9.82. The third-order valence-electron chi connectivity index (χ3n) is 6.33. The van der Waals surface area contributed by atoms with Crippen molar-refractivity contribution in [1.29, 1.82) is 0 Å². The van der Waals surface area contributed by atoms with Crippen molar-refractivity contribution in [2.75, 3.05) is 13.2 Å². The van der Waals surface area contributed by atoms with Crippen LogP contribution >= 0.6 is 11.3 Å². The molecule has 0 unspecified atom stereocenters. The van der Waals surface area contributed by atoms with Crippen molar-refractivity contribution >= 4 is 25.5 Å². The number of alkyl carbamates (subject to hydrolysis) is 1. The lowest BCUT2D eigenvalue weighted by Crippen LogP contribution is -2.34. The van der Waals surface area contributed by atoms with E-state index in [-0.39, 0.29) is 24.4 Å². The lowest BCUT2D eigenvalue weighted by atomic mass is 10.1. The molecule has 14 heteroatoms. The Labute approximate surface area is 261 Å². The summed E-state index contributed by atoms with van der Waals surface area (Å²) >= 11 is 1.57. The van der Waals surface area contributed by atoms with E-state index in [0.717, 1.165) is 38.2 Å². The second-order valence-corrected chi connectivity index (χ2v) is 19.4. The maximum Gasteiger partial charge on any atom is 0.407 e. The largest absolute Gasteiger partial charge is 0.444 e. The molecule has 236 valence electrons. The highest BCUT2D eigenvalue weighted by atomic mass is 32.1. The number of hydrogen-bond donors (Lipinski definition) is 1. The van der Waals surface area contributed by atoms with Gasteiger partial charge < -0.3 is 14.8 Å². The van der Waals surface area contributed by atoms with Gasteiger partial charge in [-0.1, -0.05) is 43.9 Å². The lowest BCUT2D eigenvalue weighted by Gasteiger charge is -2.19. The summed E-state index contributed by atoms with van der Waals surface area (Å²) in [5.74, 6) is 0.639. The molecule has 0 saturated heterocycles. The number of ether oxygens (including phenoxy) is 2. The second kappa shape index (κ2) is 14.3. The Hall–Kier alpha value is -3.88. The highest BCUT2D eigenvalue weighted by molar-refractivity contribution is 7.15. The van der Waals surface area contributed by atoms with Crippen molar-refractivity contribution in [3.63, 3.8) is 0 Å². The number of thiophene rings is 1. The van der Waals surface area contributed by atoms with E-state index >= 15 is 0 Å². The molecule has 4 rings (SSSR count).